The molecule has 0 aromatic carbocycles. The second kappa shape index (κ2) is 4.89. The number of carbonyl (C=O) groups is 1. The SMILES string of the molecule is CC(C)C(C)C(=O)C1NCCOC1C. The van der Waals surface area contributed by atoms with E-state index in [1.54, 1.807) is 0 Å². The number of ether oxygens (including phenoxy) is 1. The zero-order valence-corrected chi connectivity index (χ0v) is 9.54. The summed E-state index contributed by atoms with van der Waals surface area (Å²) in [4.78, 5) is 12.0. The minimum absolute atomic E-state index is 0.0115. The lowest BCUT2D eigenvalue weighted by atomic mass is 9.87. The van der Waals surface area contributed by atoms with E-state index in [0.717, 1.165) is 6.54 Å². The van der Waals surface area contributed by atoms with E-state index >= 15 is 0 Å². The van der Waals surface area contributed by atoms with Crippen LogP contribution in [0.3, 0.4) is 0 Å². The minimum Gasteiger partial charge on any atom is -0.375 e. The number of Topliss-reactive ketones (excluding diaryl/α,β-unsaturated/α-hetero) is 1. The molecule has 0 aromatic rings. The molecule has 14 heavy (non-hydrogen) atoms. The van der Waals surface area contributed by atoms with E-state index < -0.39 is 0 Å². The average Bonchev–Trinajstić information content (AvgIpc) is 2.16. The van der Waals surface area contributed by atoms with Crippen molar-refractivity contribution in [1.29, 1.82) is 0 Å². The fraction of sp³-hybridized carbons (Fsp3) is 0.909. The molecule has 1 saturated heterocycles. The highest BCUT2D eigenvalue weighted by Gasteiger charge is 2.32. The second-order valence-electron chi connectivity index (χ2n) is 4.44. The molecule has 1 heterocycles. The van der Waals surface area contributed by atoms with Crippen molar-refractivity contribution in [3.63, 3.8) is 0 Å². The molecule has 1 N–H and O–H groups in total. The zero-order chi connectivity index (χ0) is 10.7. The van der Waals surface area contributed by atoms with Gasteiger partial charge in [0.15, 0.2) is 5.78 Å². The van der Waals surface area contributed by atoms with Crippen molar-refractivity contribution < 1.29 is 9.53 Å². The first kappa shape index (κ1) is 11.7. The van der Waals surface area contributed by atoms with Gasteiger partial charge in [0.1, 0.15) is 0 Å². The Bertz CT molecular complexity index is 203. The average molecular weight is 199 g/mol. The standard InChI is InChI=1S/C11H21NO2/c1-7(2)8(3)11(13)10-9(4)14-6-5-12-10/h7-10,12H,5-6H2,1-4H3. The molecule has 1 aliphatic heterocycles. The van der Waals surface area contributed by atoms with E-state index in [9.17, 15) is 4.79 Å². The molecular formula is C11H21NO2. The molecule has 0 radical (unpaired) electrons. The Balaban J connectivity index is 2.58. The molecule has 3 nitrogen and oxygen atoms in total. The van der Waals surface area contributed by atoms with Gasteiger partial charge in [0.2, 0.25) is 0 Å². The number of rotatable bonds is 3. The number of ketones is 1. The molecule has 1 fully saturated rings. The summed E-state index contributed by atoms with van der Waals surface area (Å²) in [5.41, 5.74) is 0. The van der Waals surface area contributed by atoms with Crippen LogP contribution in [0.1, 0.15) is 27.7 Å². The third-order valence-electron chi connectivity index (χ3n) is 3.07. The highest BCUT2D eigenvalue weighted by molar-refractivity contribution is 5.86. The van der Waals surface area contributed by atoms with Crippen molar-refractivity contribution in [1.82, 2.24) is 5.32 Å². The minimum atomic E-state index is -0.110. The highest BCUT2D eigenvalue weighted by atomic mass is 16.5. The van der Waals surface area contributed by atoms with Gasteiger partial charge in [-0.3, -0.25) is 4.79 Å². The summed E-state index contributed by atoms with van der Waals surface area (Å²) in [6, 6.07) is -0.110. The largest absolute Gasteiger partial charge is 0.375 e. The van der Waals surface area contributed by atoms with Gasteiger partial charge in [-0.05, 0) is 12.8 Å². The molecule has 0 aliphatic carbocycles. The van der Waals surface area contributed by atoms with Crippen LogP contribution in [0.2, 0.25) is 0 Å². The van der Waals surface area contributed by atoms with Gasteiger partial charge < -0.3 is 10.1 Å². The van der Waals surface area contributed by atoms with Crippen LogP contribution in [0, 0.1) is 11.8 Å². The zero-order valence-electron chi connectivity index (χ0n) is 9.54. The van der Waals surface area contributed by atoms with Gasteiger partial charge in [0.25, 0.3) is 0 Å². The molecule has 3 unspecified atom stereocenters. The van der Waals surface area contributed by atoms with E-state index in [2.05, 4.69) is 19.2 Å². The second-order valence-corrected chi connectivity index (χ2v) is 4.44. The molecule has 0 bridgehead atoms. The van der Waals surface area contributed by atoms with Crippen molar-refractivity contribution in [2.45, 2.75) is 39.8 Å². The van der Waals surface area contributed by atoms with Crippen LogP contribution in [0.5, 0.6) is 0 Å². The van der Waals surface area contributed by atoms with Crippen molar-refractivity contribution in [3.05, 3.63) is 0 Å². The molecule has 0 aromatic heterocycles. The molecule has 0 amide bonds. The maximum absolute atomic E-state index is 12.0. The topological polar surface area (TPSA) is 38.3 Å². The molecule has 1 aliphatic rings. The van der Waals surface area contributed by atoms with Crippen LogP contribution in [-0.4, -0.2) is 31.1 Å². The molecule has 82 valence electrons. The number of hydrogen-bond acceptors (Lipinski definition) is 3. The van der Waals surface area contributed by atoms with Crippen LogP contribution in [0.4, 0.5) is 0 Å². The Morgan fingerprint density at radius 1 is 1.43 bits per heavy atom. The van der Waals surface area contributed by atoms with Gasteiger partial charge in [-0.15, -0.1) is 0 Å². The van der Waals surface area contributed by atoms with Gasteiger partial charge in [-0.25, -0.2) is 0 Å². The summed E-state index contributed by atoms with van der Waals surface area (Å²) in [6.07, 6.45) is 0.0115. The summed E-state index contributed by atoms with van der Waals surface area (Å²) in [7, 11) is 0. The van der Waals surface area contributed by atoms with E-state index in [-0.39, 0.29) is 23.8 Å². The predicted molar refractivity (Wildman–Crippen MR) is 56.2 cm³/mol. The first-order chi connectivity index (χ1) is 6.54. The Kier molecular flexibility index (Phi) is 4.08. The summed E-state index contributed by atoms with van der Waals surface area (Å²) in [6.45, 7) is 9.61. The molecule has 0 spiro atoms. The Morgan fingerprint density at radius 3 is 2.57 bits per heavy atom. The van der Waals surface area contributed by atoms with Crippen molar-refractivity contribution in [2.75, 3.05) is 13.2 Å². The highest BCUT2D eigenvalue weighted by Crippen LogP contribution is 2.16. The first-order valence-corrected chi connectivity index (χ1v) is 5.42. The van der Waals surface area contributed by atoms with E-state index in [4.69, 9.17) is 4.74 Å². The van der Waals surface area contributed by atoms with Gasteiger partial charge in [-0.2, -0.15) is 0 Å². The third-order valence-corrected chi connectivity index (χ3v) is 3.07. The number of morpholine rings is 1. The lowest BCUT2D eigenvalue weighted by Gasteiger charge is -2.31. The van der Waals surface area contributed by atoms with Gasteiger partial charge in [-0.1, -0.05) is 20.8 Å². The van der Waals surface area contributed by atoms with E-state index in [1.165, 1.54) is 0 Å². The quantitative estimate of drug-likeness (QED) is 0.743. The summed E-state index contributed by atoms with van der Waals surface area (Å²) >= 11 is 0. The molecule has 3 heteroatoms. The number of carbonyl (C=O) groups excluding carboxylic acids is 1. The fourth-order valence-corrected chi connectivity index (χ4v) is 1.67. The van der Waals surface area contributed by atoms with Crippen molar-refractivity contribution in [2.24, 2.45) is 11.8 Å². The maximum atomic E-state index is 12.0. The van der Waals surface area contributed by atoms with Gasteiger partial charge in [0.05, 0.1) is 18.8 Å². The number of hydrogen-bond donors (Lipinski definition) is 1. The Hall–Kier alpha value is -0.410. The van der Waals surface area contributed by atoms with Crippen LogP contribution in [0.15, 0.2) is 0 Å². The smallest absolute Gasteiger partial charge is 0.155 e. The lowest BCUT2D eigenvalue weighted by Crippen LogP contribution is -2.53. The number of nitrogens with one attached hydrogen (secondary N) is 1. The Morgan fingerprint density at radius 2 is 2.07 bits per heavy atom. The van der Waals surface area contributed by atoms with E-state index in [1.807, 2.05) is 13.8 Å². The molecule has 3 atom stereocenters. The molecule has 1 rings (SSSR count). The first-order valence-electron chi connectivity index (χ1n) is 5.42. The molecule has 0 saturated carbocycles. The summed E-state index contributed by atoms with van der Waals surface area (Å²) < 4.78 is 5.46. The third kappa shape index (κ3) is 2.55. The fourth-order valence-electron chi connectivity index (χ4n) is 1.67. The van der Waals surface area contributed by atoms with E-state index in [0.29, 0.717) is 12.5 Å². The van der Waals surface area contributed by atoms with Crippen molar-refractivity contribution >= 4 is 5.78 Å². The normalized spacial score (nSPS) is 30.4. The van der Waals surface area contributed by atoms with Crippen LogP contribution < -0.4 is 5.32 Å². The molecular weight excluding hydrogens is 178 g/mol. The van der Waals surface area contributed by atoms with Crippen LogP contribution >= 0.6 is 0 Å². The van der Waals surface area contributed by atoms with Crippen LogP contribution in [0.25, 0.3) is 0 Å². The van der Waals surface area contributed by atoms with Crippen molar-refractivity contribution in [3.8, 4) is 0 Å². The summed E-state index contributed by atoms with van der Waals surface area (Å²) in [5.74, 6) is 0.794. The maximum Gasteiger partial charge on any atom is 0.155 e. The summed E-state index contributed by atoms with van der Waals surface area (Å²) in [5, 5.41) is 3.23. The van der Waals surface area contributed by atoms with Gasteiger partial charge >= 0.3 is 0 Å². The monoisotopic (exact) mass is 199 g/mol. The predicted octanol–water partition coefficient (Wildman–Crippen LogP) is 1.22. The van der Waals surface area contributed by atoms with Crippen LogP contribution in [-0.2, 0) is 9.53 Å². The lowest BCUT2D eigenvalue weighted by molar-refractivity contribution is -0.131. The Labute approximate surface area is 86.2 Å². The van der Waals surface area contributed by atoms with Gasteiger partial charge in [0, 0.05) is 12.5 Å².